The number of rotatable bonds is 55. The first-order chi connectivity index (χ1) is 51.4. The Hall–Kier alpha value is -4.05. The molecule has 0 saturated carbocycles. The van der Waals surface area contributed by atoms with Crippen LogP contribution in [0.25, 0.3) is 44.5 Å². The van der Waals surface area contributed by atoms with Gasteiger partial charge in [-0.2, -0.15) is 39.0 Å². The Morgan fingerprint density at radius 1 is 0.280 bits per heavy atom. The average molecular weight is 1560 g/mol. The van der Waals surface area contributed by atoms with Gasteiger partial charge in [-0.15, -0.1) is 0 Å². The van der Waals surface area contributed by atoms with E-state index in [9.17, 15) is 11.1 Å². The van der Waals surface area contributed by atoms with E-state index in [1.807, 2.05) is 27.7 Å². The second kappa shape index (κ2) is 76.0. The quantitative estimate of drug-likeness (QED) is 0.0183. The molecule has 4 aromatic carbocycles. The van der Waals surface area contributed by atoms with Crippen molar-refractivity contribution in [3.63, 3.8) is 0 Å². The van der Waals surface area contributed by atoms with Gasteiger partial charge in [-0.25, -0.2) is 9.39 Å². The van der Waals surface area contributed by atoms with Crippen molar-refractivity contribution in [3.05, 3.63) is 200 Å². The van der Waals surface area contributed by atoms with Gasteiger partial charge in [-0.3, -0.25) is 0 Å². The Balaban J connectivity index is 0. The molecule has 0 atom stereocenters. The first-order valence-corrected chi connectivity index (χ1v) is 44.5. The van der Waals surface area contributed by atoms with Gasteiger partial charge in [-0.1, -0.05) is 379 Å². The molecule has 0 N–H and O–H groups in total. The van der Waals surface area contributed by atoms with Crippen molar-refractivity contribution in [2.45, 2.75) is 398 Å². The normalized spacial score (nSPS) is 12.1. The topological polar surface area (TPSA) is 78.8 Å². The number of allylic oxidation sites excluding steroid dienone is 4. The van der Waals surface area contributed by atoms with E-state index in [1.165, 1.54) is 300 Å². The molecule has 0 spiro atoms. The maximum atomic E-state index is 11.5. The van der Waals surface area contributed by atoms with Gasteiger partial charge in [0.2, 0.25) is 22.8 Å². The number of hydrogen-bond acceptors (Lipinski definition) is 0. The molecule has 0 saturated heterocycles. The molecular weight excluding hydrogens is 1390 g/mol. The summed E-state index contributed by atoms with van der Waals surface area (Å²) in [4.78, 5) is 0. The minimum atomic E-state index is 0. The standard InChI is InChI=1S/C40H60N2.C27H34N2.2C12H25.2C4H10N.2Ni/c1-3-5-7-9-11-13-15-17-19-21-25-35-27-23-29-37(33-35)39-31-32-40(42(39)41)38-30-24-28-36(34-38)26-22-20-18-16-14-12-10-8-6-4-2;1-5-7-9-17-25-24(16-8-6-2)26(22-14-10-12-20(3)18-22)29(28)27(25)23-15-11-13-21(4)19-23;2*1-3-5-7-9-11-12-10-8-6-4-2;2*1-3-5-4-2;;/h23-24,27-34H,3-22,25-26H2,1-2H3;10-15,18-19H,5-9,16-17H2,1-4H3;2*1,3-12H2,2H3;2*3-4H2,1-2H3;;/q;;4*-1;2*+2. The molecule has 0 aromatic heterocycles. The molecule has 610 valence electrons. The molecule has 0 fully saturated rings. The van der Waals surface area contributed by atoms with E-state index in [4.69, 9.17) is 0 Å². The minimum absolute atomic E-state index is 0. The Kier molecular flexibility index (Phi) is 74.5. The Morgan fingerprint density at radius 3 is 0.813 bits per heavy atom. The molecule has 2 aliphatic heterocycles. The van der Waals surface area contributed by atoms with Gasteiger partial charge in [0.05, 0.1) is 0 Å². The van der Waals surface area contributed by atoms with Crippen LogP contribution >= 0.6 is 0 Å². The summed E-state index contributed by atoms with van der Waals surface area (Å²) in [5.74, 6) is 0. The summed E-state index contributed by atoms with van der Waals surface area (Å²) in [7, 11) is 0. The maximum absolute atomic E-state index is 11.5. The van der Waals surface area contributed by atoms with Gasteiger partial charge >= 0.3 is 33.0 Å². The zero-order valence-corrected chi connectivity index (χ0v) is 73.6. The second-order valence-corrected chi connectivity index (χ2v) is 30.0. The van der Waals surface area contributed by atoms with E-state index in [-0.39, 0.29) is 33.0 Å². The molecule has 8 heteroatoms. The van der Waals surface area contributed by atoms with Crippen molar-refractivity contribution in [2.75, 3.05) is 26.2 Å². The van der Waals surface area contributed by atoms with E-state index < -0.39 is 0 Å². The van der Waals surface area contributed by atoms with E-state index in [1.54, 1.807) is 0 Å². The van der Waals surface area contributed by atoms with Crippen LogP contribution in [-0.2, 0) is 45.8 Å². The number of benzene rings is 4. The molecule has 0 unspecified atom stereocenters. The van der Waals surface area contributed by atoms with E-state index in [2.05, 4.69) is 189 Å². The first-order valence-electron chi connectivity index (χ1n) is 44.5. The minimum Gasteiger partial charge on any atom is -0.663 e. The Morgan fingerprint density at radius 2 is 0.533 bits per heavy atom. The van der Waals surface area contributed by atoms with E-state index in [0.29, 0.717) is 0 Å². The van der Waals surface area contributed by atoms with Crippen molar-refractivity contribution < 1.29 is 42.4 Å². The van der Waals surface area contributed by atoms with Gasteiger partial charge in [0, 0.05) is 45.6 Å². The van der Waals surface area contributed by atoms with Crippen LogP contribution in [0.4, 0.5) is 0 Å². The molecule has 0 bridgehead atoms. The Bertz CT molecular complexity index is 2720. The smallest absolute Gasteiger partial charge is 0.663 e. The number of aryl methyl sites for hydroxylation is 4. The fourth-order valence-corrected chi connectivity index (χ4v) is 14.0. The molecule has 6 nitrogen and oxygen atoms in total. The van der Waals surface area contributed by atoms with E-state index >= 15 is 0 Å². The third-order valence-corrected chi connectivity index (χ3v) is 20.3. The summed E-state index contributed by atoms with van der Waals surface area (Å²) >= 11 is 0. The summed E-state index contributed by atoms with van der Waals surface area (Å²) in [5, 5.41) is 7.94. The third kappa shape index (κ3) is 52.0. The summed E-state index contributed by atoms with van der Waals surface area (Å²) in [6, 6.07) is 34.6. The van der Waals surface area contributed by atoms with Gasteiger partial charge in [0.1, 0.15) is 0 Å². The van der Waals surface area contributed by atoms with Crippen LogP contribution < -0.4 is 0 Å². The van der Waals surface area contributed by atoms with Crippen LogP contribution in [-0.4, -0.2) is 35.6 Å². The fourth-order valence-electron chi connectivity index (χ4n) is 14.0. The van der Waals surface area contributed by atoms with Gasteiger partial charge in [0.15, 0.2) is 0 Å². The van der Waals surface area contributed by atoms with Crippen LogP contribution in [0.15, 0.2) is 120 Å². The van der Waals surface area contributed by atoms with Crippen molar-refractivity contribution >= 4 is 22.8 Å². The van der Waals surface area contributed by atoms with Crippen molar-refractivity contribution in [1.82, 2.24) is 0 Å². The largest absolute Gasteiger partial charge is 2.00 e. The van der Waals surface area contributed by atoms with Crippen molar-refractivity contribution in [1.29, 1.82) is 0 Å². The number of nitrogens with zero attached hydrogens (tertiary/aromatic N) is 6. The predicted molar refractivity (Wildman–Crippen MR) is 470 cm³/mol. The summed E-state index contributed by atoms with van der Waals surface area (Å²) < 4.78 is 2.87. The molecule has 107 heavy (non-hydrogen) atoms. The van der Waals surface area contributed by atoms with Crippen molar-refractivity contribution in [3.8, 4) is 0 Å². The average Bonchev–Trinajstić information content (AvgIpc) is 1.56. The molecule has 0 radical (unpaired) electrons. The van der Waals surface area contributed by atoms with Crippen LogP contribution in [0.3, 0.4) is 0 Å². The SMILES string of the molecule is CCCCCC1=C(c2cccc(C)c2)[N+](=[N-])C(c2cccc(C)c2)=C1CCCC.CCCCCCCCCCCCc1cccc(C2=CC=C(c3cccc(CCCCCCCCCCCC)c3)[N+]2=[N-])c1.CC[N-]CC.CC[N-]CC.[CH2-]CCCCCCCCCCC.[CH2-]CCCCCCCCCCC.[Ni+2].[Ni+2]. The molecule has 2 aliphatic rings. The molecule has 6 rings (SSSR count). The summed E-state index contributed by atoms with van der Waals surface area (Å²) in [6.07, 6.45) is 69.4. The zero-order valence-electron chi connectivity index (χ0n) is 71.6. The van der Waals surface area contributed by atoms with E-state index in [0.717, 1.165) is 129 Å². The van der Waals surface area contributed by atoms with Crippen molar-refractivity contribution in [2.24, 2.45) is 0 Å². The molecular formula is C99H164N6Ni2. The number of unbranched alkanes of at least 4 members (excludes halogenated alkanes) is 39. The molecule has 0 amide bonds. The van der Waals surface area contributed by atoms with Crippen LogP contribution in [0.5, 0.6) is 0 Å². The van der Waals surface area contributed by atoms with Crippen LogP contribution in [0, 0.1) is 27.7 Å². The molecule has 4 aromatic rings. The van der Waals surface area contributed by atoms with Gasteiger partial charge in [-0.05, 0) is 125 Å². The second-order valence-electron chi connectivity index (χ2n) is 30.0. The summed E-state index contributed by atoms with van der Waals surface area (Å²) in [6.45, 7) is 37.6. The number of hydrogen-bond donors (Lipinski definition) is 0. The monoisotopic (exact) mass is 1550 g/mol. The van der Waals surface area contributed by atoms with Gasteiger partial charge < -0.3 is 35.5 Å². The Labute approximate surface area is 684 Å². The molecule has 0 aliphatic carbocycles. The summed E-state index contributed by atoms with van der Waals surface area (Å²) in [5.41, 5.74) is 38.5. The van der Waals surface area contributed by atoms with Gasteiger partial charge in [0.25, 0.3) is 0 Å². The van der Waals surface area contributed by atoms with Crippen LogP contribution in [0.2, 0.25) is 0 Å². The third-order valence-electron chi connectivity index (χ3n) is 20.3. The first kappa shape index (κ1) is 105. The zero-order chi connectivity index (χ0) is 76.9. The predicted octanol–water partition coefficient (Wildman–Crippen LogP) is 33.6. The molecule has 2 heterocycles. The maximum Gasteiger partial charge on any atom is 2.00 e. The fraction of sp³-hybridized carbons (Fsp3) is 0.657. The van der Waals surface area contributed by atoms with Crippen LogP contribution in [0.1, 0.15) is 416 Å².